The van der Waals surface area contributed by atoms with Crippen LogP contribution >= 0.6 is 0 Å². The summed E-state index contributed by atoms with van der Waals surface area (Å²) in [7, 11) is 0. The normalized spacial score (nSPS) is 21.2. The van der Waals surface area contributed by atoms with E-state index in [1.807, 2.05) is 0 Å². The molecule has 3 heteroatoms. The van der Waals surface area contributed by atoms with Gasteiger partial charge in [0.15, 0.2) is 11.6 Å². The molecule has 0 heterocycles. The second-order valence-corrected chi connectivity index (χ2v) is 6.08. The van der Waals surface area contributed by atoms with Crippen molar-refractivity contribution in [2.24, 2.45) is 5.92 Å². The SMILES string of the molecule is CC1CCC(c2ccc(-c3cc[c-]cc3)c(F)c2F)CC1.[Rb+]. The van der Waals surface area contributed by atoms with E-state index in [4.69, 9.17) is 0 Å². The van der Waals surface area contributed by atoms with Gasteiger partial charge in [0.25, 0.3) is 0 Å². The van der Waals surface area contributed by atoms with Crippen molar-refractivity contribution < 1.29 is 67.0 Å². The minimum atomic E-state index is -0.725. The molecule has 0 nitrogen and oxygen atoms in total. The Morgan fingerprint density at radius 2 is 1.55 bits per heavy atom. The first-order chi connectivity index (χ1) is 10.2. The number of halogens is 2. The molecule has 110 valence electrons. The fourth-order valence-corrected chi connectivity index (χ4v) is 3.24. The maximum Gasteiger partial charge on any atom is 1.00 e. The Balaban J connectivity index is 0.00000176. The zero-order chi connectivity index (χ0) is 14.8. The molecular weight excluding hydrogens is 352 g/mol. The second kappa shape index (κ2) is 8.28. The van der Waals surface area contributed by atoms with Crippen LogP contribution in [0.25, 0.3) is 11.1 Å². The molecule has 0 unspecified atom stereocenters. The third-order valence-electron chi connectivity index (χ3n) is 4.60. The van der Waals surface area contributed by atoms with Crippen LogP contribution in [0.4, 0.5) is 8.78 Å². The summed E-state index contributed by atoms with van der Waals surface area (Å²) in [6.07, 6.45) is 4.11. The minimum absolute atomic E-state index is 0. The molecule has 0 bridgehead atoms. The van der Waals surface area contributed by atoms with Gasteiger partial charge in [-0.2, -0.15) is 30.3 Å². The molecule has 0 aromatic heterocycles. The Kier molecular flexibility index (Phi) is 6.94. The van der Waals surface area contributed by atoms with Gasteiger partial charge >= 0.3 is 58.2 Å². The zero-order valence-electron chi connectivity index (χ0n) is 13.2. The first-order valence-corrected chi connectivity index (χ1v) is 7.61. The smallest absolute Gasteiger partial charge is 0.203 e. The van der Waals surface area contributed by atoms with Crippen molar-refractivity contribution in [2.45, 2.75) is 38.5 Å². The summed E-state index contributed by atoms with van der Waals surface area (Å²) < 4.78 is 28.8. The molecule has 0 aliphatic heterocycles. The minimum Gasteiger partial charge on any atom is -0.203 e. The van der Waals surface area contributed by atoms with E-state index in [1.165, 1.54) is 0 Å². The van der Waals surface area contributed by atoms with Crippen molar-refractivity contribution in [1.29, 1.82) is 0 Å². The van der Waals surface area contributed by atoms with E-state index in [1.54, 1.807) is 36.4 Å². The fourth-order valence-electron chi connectivity index (χ4n) is 3.24. The summed E-state index contributed by atoms with van der Waals surface area (Å²) in [6.45, 7) is 2.22. The first kappa shape index (κ1) is 18.4. The largest absolute Gasteiger partial charge is 1.00 e. The fraction of sp³-hybridized carbons (Fsp3) is 0.368. The zero-order valence-corrected chi connectivity index (χ0v) is 18.1. The van der Waals surface area contributed by atoms with Gasteiger partial charge < -0.3 is 0 Å². The number of hydrogen-bond donors (Lipinski definition) is 0. The first-order valence-electron chi connectivity index (χ1n) is 7.61. The van der Waals surface area contributed by atoms with Crippen molar-refractivity contribution in [1.82, 2.24) is 0 Å². The Hall–Kier alpha value is 0.105. The maximum absolute atomic E-state index is 14.4. The topological polar surface area (TPSA) is 0 Å². The maximum atomic E-state index is 14.4. The molecule has 0 amide bonds. The third-order valence-corrected chi connectivity index (χ3v) is 4.60. The van der Waals surface area contributed by atoms with Gasteiger partial charge in [0.05, 0.1) is 0 Å². The molecule has 0 saturated heterocycles. The summed E-state index contributed by atoms with van der Waals surface area (Å²) in [5.74, 6) is -0.528. The molecular formula is C19H19F2Rb. The number of benzene rings is 2. The van der Waals surface area contributed by atoms with Crippen LogP contribution in [0.5, 0.6) is 0 Å². The van der Waals surface area contributed by atoms with Crippen LogP contribution in [-0.4, -0.2) is 0 Å². The predicted octanol–water partition coefficient (Wildman–Crippen LogP) is 2.73. The Bertz CT molecular complexity index is 617. The van der Waals surface area contributed by atoms with Crippen molar-refractivity contribution in [3.63, 3.8) is 0 Å². The number of hydrogen-bond acceptors (Lipinski definition) is 0. The second-order valence-electron chi connectivity index (χ2n) is 6.08. The van der Waals surface area contributed by atoms with Crippen molar-refractivity contribution in [3.8, 4) is 11.1 Å². The summed E-state index contributed by atoms with van der Waals surface area (Å²) in [5, 5.41) is 0. The number of rotatable bonds is 2. The van der Waals surface area contributed by atoms with Crippen molar-refractivity contribution >= 4 is 0 Å². The van der Waals surface area contributed by atoms with Gasteiger partial charge in [0.1, 0.15) is 0 Å². The molecule has 1 saturated carbocycles. The molecule has 1 aliphatic carbocycles. The molecule has 22 heavy (non-hydrogen) atoms. The van der Waals surface area contributed by atoms with Gasteiger partial charge in [-0.3, -0.25) is 0 Å². The van der Waals surface area contributed by atoms with Crippen LogP contribution in [0, 0.1) is 23.6 Å². The van der Waals surface area contributed by atoms with Gasteiger partial charge in [0, 0.05) is 0 Å². The monoisotopic (exact) mass is 370 g/mol. The molecule has 0 atom stereocenters. The van der Waals surface area contributed by atoms with E-state index >= 15 is 0 Å². The van der Waals surface area contributed by atoms with E-state index in [0.29, 0.717) is 22.6 Å². The Labute approximate surface area is 180 Å². The summed E-state index contributed by atoms with van der Waals surface area (Å²) in [5.41, 5.74) is 1.56. The summed E-state index contributed by atoms with van der Waals surface area (Å²) in [6, 6.07) is 13.3. The standard InChI is InChI=1S/C19H19F2.Rb/c1-13-7-9-15(10-8-13)17-12-11-16(18(20)19(17)21)14-5-3-2-4-6-14;/h3-6,11-13,15H,7-10H2,1H3;/q-1;+1. The molecule has 2 aromatic rings. The third kappa shape index (κ3) is 3.95. The summed E-state index contributed by atoms with van der Waals surface area (Å²) >= 11 is 0. The van der Waals surface area contributed by atoms with Crippen LogP contribution in [0.3, 0.4) is 0 Å². The van der Waals surface area contributed by atoms with Crippen LogP contribution in [0.2, 0.25) is 0 Å². The van der Waals surface area contributed by atoms with Crippen LogP contribution in [0.15, 0.2) is 36.4 Å². The Morgan fingerprint density at radius 1 is 0.909 bits per heavy atom. The summed E-state index contributed by atoms with van der Waals surface area (Å²) in [4.78, 5) is 0. The molecule has 0 radical (unpaired) electrons. The van der Waals surface area contributed by atoms with E-state index in [-0.39, 0.29) is 64.1 Å². The molecule has 1 aliphatic rings. The van der Waals surface area contributed by atoms with Crippen molar-refractivity contribution in [3.05, 3.63) is 59.7 Å². The molecule has 0 spiro atoms. The molecule has 0 N–H and O–H groups in total. The van der Waals surface area contributed by atoms with E-state index in [9.17, 15) is 8.78 Å². The molecule has 2 aromatic carbocycles. The quantitative estimate of drug-likeness (QED) is 0.713. The Morgan fingerprint density at radius 3 is 2.18 bits per heavy atom. The molecule has 1 fully saturated rings. The average Bonchev–Trinajstić information content (AvgIpc) is 2.52. The van der Waals surface area contributed by atoms with E-state index in [2.05, 4.69) is 13.0 Å². The average molecular weight is 371 g/mol. The van der Waals surface area contributed by atoms with Gasteiger partial charge in [-0.15, -0.1) is 5.56 Å². The van der Waals surface area contributed by atoms with Gasteiger partial charge in [-0.1, -0.05) is 31.9 Å². The molecule has 3 rings (SSSR count). The van der Waals surface area contributed by atoms with Crippen LogP contribution in [-0.2, 0) is 0 Å². The van der Waals surface area contributed by atoms with E-state index < -0.39 is 11.6 Å². The van der Waals surface area contributed by atoms with Crippen LogP contribution < -0.4 is 58.2 Å². The van der Waals surface area contributed by atoms with Crippen LogP contribution in [0.1, 0.15) is 44.1 Å². The van der Waals surface area contributed by atoms with E-state index in [0.717, 1.165) is 25.7 Å². The van der Waals surface area contributed by atoms with Gasteiger partial charge in [-0.25, -0.2) is 8.78 Å². The van der Waals surface area contributed by atoms with Gasteiger partial charge in [0.2, 0.25) is 0 Å². The van der Waals surface area contributed by atoms with Crippen molar-refractivity contribution in [2.75, 3.05) is 0 Å². The van der Waals surface area contributed by atoms with Gasteiger partial charge in [-0.05, 0) is 35.8 Å². The predicted molar refractivity (Wildman–Crippen MR) is 81.0 cm³/mol.